The van der Waals surface area contributed by atoms with Gasteiger partial charge in [0.2, 0.25) is 0 Å². The number of halogens is 2. The van der Waals surface area contributed by atoms with Crippen LogP contribution in [0.3, 0.4) is 0 Å². The Hall–Kier alpha value is -1.26. The van der Waals surface area contributed by atoms with Crippen LogP contribution in [0.2, 0.25) is 0 Å². The minimum Gasteiger partial charge on any atom is -0.309 e. The number of thiophene rings is 1. The third-order valence-corrected chi connectivity index (χ3v) is 3.65. The summed E-state index contributed by atoms with van der Waals surface area (Å²) in [5.41, 5.74) is 2.61. The Morgan fingerprint density at radius 3 is 2.47 bits per heavy atom. The molecule has 0 radical (unpaired) electrons. The molecule has 0 aliphatic rings. The van der Waals surface area contributed by atoms with E-state index in [0.29, 0.717) is 5.56 Å². The topological polar surface area (TPSA) is 12.0 Å². The summed E-state index contributed by atoms with van der Waals surface area (Å²) in [4.78, 5) is 0. The fourth-order valence-corrected chi connectivity index (χ4v) is 2.76. The molecule has 4 heteroatoms. The number of hydrogen-bond donors (Lipinski definition) is 1. The summed E-state index contributed by atoms with van der Waals surface area (Å²) in [6.45, 7) is 1.98. The lowest BCUT2D eigenvalue weighted by Crippen LogP contribution is -2.19. The molecule has 1 aromatic heterocycles. The Bertz CT molecular complexity index is 522. The molecule has 1 N–H and O–H groups in total. The largest absolute Gasteiger partial charge is 0.309 e. The summed E-state index contributed by atoms with van der Waals surface area (Å²) in [6, 6.07) is 3.45. The first kappa shape index (κ1) is 12.2. The normalized spacial score (nSPS) is 12.7. The molecular weight excluding hydrogens is 240 g/mol. The number of hydrogen-bond acceptors (Lipinski definition) is 2. The molecule has 0 saturated carbocycles. The van der Waals surface area contributed by atoms with Crippen LogP contribution in [0.4, 0.5) is 8.78 Å². The Morgan fingerprint density at radius 2 is 1.94 bits per heavy atom. The number of nitrogens with one attached hydrogen (secondary N) is 1. The van der Waals surface area contributed by atoms with Gasteiger partial charge < -0.3 is 5.32 Å². The van der Waals surface area contributed by atoms with Crippen LogP contribution in [-0.2, 0) is 0 Å². The Balaban J connectivity index is 2.46. The minimum absolute atomic E-state index is 0.234. The molecule has 0 bridgehead atoms. The van der Waals surface area contributed by atoms with Gasteiger partial charge in [0.05, 0.1) is 6.04 Å². The second kappa shape index (κ2) is 4.94. The van der Waals surface area contributed by atoms with Crippen LogP contribution in [0.15, 0.2) is 29.0 Å². The van der Waals surface area contributed by atoms with Crippen molar-refractivity contribution < 1.29 is 8.78 Å². The molecule has 2 rings (SSSR count). The molecule has 0 aliphatic carbocycles. The Labute approximate surface area is 103 Å². The highest BCUT2D eigenvalue weighted by Crippen LogP contribution is 2.29. The molecule has 1 aromatic carbocycles. The molecule has 1 atom stereocenters. The van der Waals surface area contributed by atoms with Crippen LogP contribution in [0.5, 0.6) is 0 Å². The summed E-state index contributed by atoms with van der Waals surface area (Å²) < 4.78 is 26.6. The van der Waals surface area contributed by atoms with Crippen molar-refractivity contribution >= 4 is 11.3 Å². The third kappa shape index (κ3) is 2.37. The third-order valence-electron chi connectivity index (χ3n) is 2.77. The van der Waals surface area contributed by atoms with E-state index in [9.17, 15) is 8.78 Å². The summed E-state index contributed by atoms with van der Waals surface area (Å²) in [5.74, 6) is -1.07. The van der Waals surface area contributed by atoms with E-state index >= 15 is 0 Å². The fraction of sp³-hybridized carbons (Fsp3) is 0.231. The molecule has 1 heterocycles. The minimum atomic E-state index is -0.553. The van der Waals surface area contributed by atoms with E-state index in [2.05, 4.69) is 5.32 Å². The zero-order valence-electron chi connectivity index (χ0n) is 9.63. The molecule has 1 nitrogen and oxygen atoms in total. The summed E-state index contributed by atoms with van der Waals surface area (Å²) in [7, 11) is 1.77. The predicted octanol–water partition coefficient (Wildman–Crippen LogP) is 3.64. The summed E-state index contributed by atoms with van der Waals surface area (Å²) >= 11 is 1.58. The molecule has 0 fully saturated rings. The molecule has 90 valence electrons. The molecule has 0 saturated heterocycles. The van der Waals surface area contributed by atoms with Crippen molar-refractivity contribution in [2.45, 2.75) is 13.0 Å². The zero-order valence-corrected chi connectivity index (χ0v) is 10.4. The number of benzene rings is 1. The van der Waals surface area contributed by atoms with Crippen LogP contribution in [0.25, 0.3) is 0 Å². The maximum Gasteiger partial charge on any atom is 0.131 e. The number of rotatable bonds is 3. The predicted molar refractivity (Wildman–Crippen MR) is 66.3 cm³/mol. The Kier molecular flexibility index (Phi) is 3.54. The molecule has 1 unspecified atom stereocenters. The fourth-order valence-electron chi connectivity index (χ4n) is 1.88. The van der Waals surface area contributed by atoms with E-state index in [1.165, 1.54) is 12.1 Å². The average Bonchev–Trinajstić information content (AvgIpc) is 2.69. The standard InChI is InChI=1S/C13H13F2NS/c1-8-6-17-7-11(8)13(16-2)10-4-3-9(14)5-12(10)15/h3-7,13,16H,1-2H3. The van der Waals surface area contributed by atoms with Crippen LogP contribution >= 0.6 is 11.3 Å². The highest BCUT2D eigenvalue weighted by atomic mass is 32.1. The van der Waals surface area contributed by atoms with Crippen LogP contribution in [0.1, 0.15) is 22.7 Å². The number of aryl methyl sites for hydroxylation is 1. The molecular formula is C13H13F2NS. The van der Waals surface area contributed by atoms with Crippen LogP contribution in [-0.4, -0.2) is 7.05 Å². The lowest BCUT2D eigenvalue weighted by Gasteiger charge is -2.17. The highest BCUT2D eigenvalue weighted by Gasteiger charge is 2.18. The van der Waals surface area contributed by atoms with Gasteiger partial charge in [-0.25, -0.2) is 8.78 Å². The first-order chi connectivity index (χ1) is 8.13. The van der Waals surface area contributed by atoms with Gasteiger partial charge in [0.25, 0.3) is 0 Å². The van der Waals surface area contributed by atoms with Gasteiger partial charge in [0.15, 0.2) is 0 Å². The van der Waals surface area contributed by atoms with Crippen molar-refractivity contribution in [2.24, 2.45) is 0 Å². The van der Waals surface area contributed by atoms with E-state index in [4.69, 9.17) is 0 Å². The molecule has 0 spiro atoms. The first-order valence-corrected chi connectivity index (χ1v) is 6.22. The van der Waals surface area contributed by atoms with Gasteiger partial charge in [0, 0.05) is 11.6 Å². The highest BCUT2D eigenvalue weighted by molar-refractivity contribution is 7.08. The van der Waals surface area contributed by atoms with Gasteiger partial charge >= 0.3 is 0 Å². The average molecular weight is 253 g/mol. The zero-order chi connectivity index (χ0) is 12.4. The monoisotopic (exact) mass is 253 g/mol. The van der Waals surface area contributed by atoms with Crippen LogP contribution in [0, 0.1) is 18.6 Å². The van der Waals surface area contributed by atoms with Crippen molar-refractivity contribution in [1.29, 1.82) is 0 Å². The second-order valence-corrected chi connectivity index (χ2v) is 4.64. The van der Waals surface area contributed by atoms with E-state index in [1.54, 1.807) is 18.4 Å². The second-order valence-electron chi connectivity index (χ2n) is 3.90. The van der Waals surface area contributed by atoms with Crippen molar-refractivity contribution in [3.63, 3.8) is 0 Å². The van der Waals surface area contributed by atoms with E-state index in [0.717, 1.165) is 17.2 Å². The first-order valence-electron chi connectivity index (χ1n) is 5.28. The van der Waals surface area contributed by atoms with Gasteiger partial charge in [-0.3, -0.25) is 0 Å². The van der Waals surface area contributed by atoms with Gasteiger partial charge in [-0.05, 0) is 41.9 Å². The SMILES string of the molecule is CNC(c1cscc1C)c1ccc(F)cc1F. The molecule has 2 aromatic rings. The van der Waals surface area contributed by atoms with Crippen LogP contribution < -0.4 is 5.32 Å². The quantitative estimate of drug-likeness (QED) is 0.880. The lowest BCUT2D eigenvalue weighted by atomic mass is 9.98. The molecule has 0 amide bonds. The van der Waals surface area contributed by atoms with Crippen molar-refractivity contribution in [1.82, 2.24) is 5.32 Å². The summed E-state index contributed by atoms with van der Waals surface area (Å²) in [6.07, 6.45) is 0. The molecule has 17 heavy (non-hydrogen) atoms. The smallest absolute Gasteiger partial charge is 0.131 e. The maximum absolute atomic E-state index is 13.7. The van der Waals surface area contributed by atoms with E-state index in [-0.39, 0.29) is 6.04 Å². The summed E-state index contributed by atoms with van der Waals surface area (Å²) in [5, 5.41) is 7.07. The van der Waals surface area contributed by atoms with Crippen molar-refractivity contribution in [3.8, 4) is 0 Å². The van der Waals surface area contributed by atoms with Gasteiger partial charge in [0.1, 0.15) is 11.6 Å². The lowest BCUT2D eigenvalue weighted by molar-refractivity contribution is 0.551. The van der Waals surface area contributed by atoms with Crippen molar-refractivity contribution in [3.05, 3.63) is 57.3 Å². The van der Waals surface area contributed by atoms with Crippen molar-refractivity contribution in [2.75, 3.05) is 7.05 Å². The van der Waals surface area contributed by atoms with E-state index < -0.39 is 11.6 Å². The van der Waals surface area contributed by atoms with Gasteiger partial charge in [-0.2, -0.15) is 11.3 Å². The maximum atomic E-state index is 13.7. The Morgan fingerprint density at radius 1 is 1.18 bits per heavy atom. The van der Waals surface area contributed by atoms with Gasteiger partial charge in [-0.15, -0.1) is 0 Å². The van der Waals surface area contributed by atoms with Gasteiger partial charge in [-0.1, -0.05) is 6.07 Å². The molecule has 0 aliphatic heterocycles. The van der Waals surface area contributed by atoms with E-state index in [1.807, 2.05) is 17.7 Å².